The third-order valence-corrected chi connectivity index (χ3v) is 5.13. The number of benzene rings is 1. The van der Waals surface area contributed by atoms with Gasteiger partial charge in [-0.1, -0.05) is 12.1 Å². The minimum Gasteiger partial charge on any atom is -0.354 e. The van der Waals surface area contributed by atoms with Gasteiger partial charge in [0.25, 0.3) is 5.56 Å². The molecule has 1 aliphatic rings. The van der Waals surface area contributed by atoms with Gasteiger partial charge in [-0.15, -0.1) is 0 Å². The molecule has 0 aliphatic carbocycles. The highest BCUT2D eigenvalue weighted by Crippen LogP contribution is 2.15. The van der Waals surface area contributed by atoms with Gasteiger partial charge < -0.3 is 9.88 Å². The first-order chi connectivity index (χ1) is 13.2. The van der Waals surface area contributed by atoms with E-state index in [-0.39, 0.29) is 11.4 Å². The Balaban J connectivity index is 1.30. The number of fused-ring (bicyclic) bond motifs is 1. The standard InChI is InChI=1S/C21H23FN4O/c22-17-7-6-16-14-18(24-21(27)19(16)15-17)4-3-9-25-10-12-26(13-11-25)20-5-1-2-8-23-20/h1-2,5-8,14-15H,3-4,9-13H2,(H,24,27). The maximum absolute atomic E-state index is 13.3. The van der Waals surface area contributed by atoms with Crippen LogP contribution in [0.2, 0.25) is 0 Å². The predicted molar refractivity (Wildman–Crippen MR) is 106 cm³/mol. The van der Waals surface area contributed by atoms with Crippen molar-refractivity contribution in [3.8, 4) is 0 Å². The van der Waals surface area contributed by atoms with Crippen LogP contribution in [0, 0.1) is 5.82 Å². The average molecular weight is 366 g/mol. The Morgan fingerprint density at radius 1 is 1.07 bits per heavy atom. The van der Waals surface area contributed by atoms with E-state index in [1.807, 2.05) is 24.4 Å². The molecule has 0 amide bonds. The summed E-state index contributed by atoms with van der Waals surface area (Å²) in [6.45, 7) is 5.00. The number of hydrogen-bond acceptors (Lipinski definition) is 4. The number of hydrogen-bond donors (Lipinski definition) is 1. The van der Waals surface area contributed by atoms with Crippen LogP contribution in [0.25, 0.3) is 10.8 Å². The van der Waals surface area contributed by atoms with Crippen molar-refractivity contribution in [3.05, 3.63) is 70.5 Å². The topological polar surface area (TPSA) is 52.2 Å². The van der Waals surface area contributed by atoms with Crippen LogP contribution in [0.1, 0.15) is 12.1 Å². The minimum atomic E-state index is -0.384. The van der Waals surface area contributed by atoms with Gasteiger partial charge in [0.05, 0.1) is 0 Å². The van der Waals surface area contributed by atoms with Crippen LogP contribution in [0.4, 0.5) is 10.2 Å². The van der Waals surface area contributed by atoms with Gasteiger partial charge >= 0.3 is 0 Å². The van der Waals surface area contributed by atoms with E-state index in [0.29, 0.717) is 5.39 Å². The molecule has 0 spiro atoms. The summed E-state index contributed by atoms with van der Waals surface area (Å²) in [6, 6.07) is 12.3. The lowest BCUT2D eigenvalue weighted by atomic mass is 10.1. The van der Waals surface area contributed by atoms with Crippen molar-refractivity contribution in [2.45, 2.75) is 12.8 Å². The first-order valence-corrected chi connectivity index (χ1v) is 9.39. The van der Waals surface area contributed by atoms with Crippen molar-refractivity contribution in [1.29, 1.82) is 0 Å². The molecule has 1 fully saturated rings. The summed E-state index contributed by atoms with van der Waals surface area (Å²) in [5, 5.41) is 1.20. The Bertz CT molecular complexity index is 965. The lowest BCUT2D eigenvalue weighted by Crippen LogP contribution is -2.47. The van der Waals surface area contributed by atoms with Crippen molar-refractivity contribution in [2.75, 3.05) is 37.6 Å². The Hall–Kier alpha value is -2.73. The minimum absolute atomic E-state index is 0.217. The monoisotopic (exact) mass is 366 g/mol. The van der Waals surface area contributed by atoms with Crippen molar-refractivity contribution in [1.82, 2.24) is 14.9 Å². The average Bonchev–Trinajstić information content (AvgIpc) is 2.70. The van der Waals surface area contributed by atoms with Crippen molar-refractivity contribution in [3.63, 3.8) is 0 Å². The Labute approximate surface area is 157 Å². The second-order valence-electron chi connectivity index (χ2n) is 6.98. The molecule has 27 heavy (non-hydrogen) atoms. The summed E-state index contributed by atoms with van der Waals surface area (Å²) in [5.41, 5.74) is 0.692. The maximum atomic E-state index is 13.3. The lowest BCUT2D eigenvalue weighted by molar-refractivity contribution is 0.254. The van der Waals surface area contributed by atoms with Gasteiger partial charge in [-0.2, -0.15) is 0 Å². The summed E-state index contributed by atoms with van der Waals surface area (Å²) in [5.74, 6) is 0.660. The Kier molecular flexibility index (Phi) is 5.16. The van der Waals surface area contributed by atoms with Crippen LogP contribution in [0.15, 0.2) is 53.5 Å². The van der Waals surface area contributed by atoms with Crippen LogP contribution >= 0.6 is 0 Å². The molecular formula is C21H23FN4O. The lowest BCUT2D eigenvalue weighted by Gasteiger charge is -2.35. The van der Waals surface area contributed by atoms with E-state index in [1.165, 1.54) is 12.1 Å². The molecular weight excluding hydrogens is 343 g/mol. The van der Waals surface area contributed by atoms with E-state index < -0.39 is 0 Å². The molecule has 0 radical (unpaired) electrons. The van der Waals surface area contributed by atoms with Gasteiger partial charge in [0, 0.05) is 43.5 Å². The van der Waals surface area contributed by atoms with Gasteiger partial charge in [0.1, 0.15) is 11.6 Å². The van der Waals surface area contributed by atoms with Gasteiger partial charge in [-0.25, -0.2) is 9.37 Å². The molecule has 0 unspecified atom stereocenters. The Morgan fingerprint density at radius 2 is 1.93 bits per heavy atom. The number of pyridine rings is 2. The van der Waals surface area contributed by atoms with Crippen LogP contribution < -0.4 is 10.5 Å². The van der Waals surface area contributed by atoms with Crippen LogP contribution in [0.5, 0.6) is 0 Å². The van der Waals surface area contributed by atoms with E-state index in [0.717, 1.165) is 62.5 Å². The molecule has 2 aromatic heterocycles. The number of piperazine rings is 1. The van der Waals surface area contributed by atoms with Crippen molar-refractivity contribution < 1.29 is 4.39 Å². The molecule has 1 aromatic carbocycles. The van der Waals surface area contributed by atoms with Crippen LogP contribution in [-0.2, 0) is 6.42 Å². The molecule has 1 saturated heterocycles. The molecule has 5 nitrogen and oxygen atoms in total. The SMILES string of the molecule is O=c1[nH]c(CCCN2CCN(c3ccccn3)CC2)cc2ccc(F)cc12. The first-order valence-electron chi connectivity index (χ1n) is 9.39. The van der Waals surface area contributed by atoms with E-state index in [2.05, 4.69) is 25.8 Å². The van der Waals surface area contributed by atoms with E-state index in [4.69, 9.17) is 0 Å². The highest BCUT2D eigenvalue weighted by Gasteiger charge is 2.17. The summed E-state index contributed by atoms with van der Waals surface area (Å²) < 4.78 is 13.3. The van der Waals surface area contributed by atoms with Crippen LogP contribution in [0.3, 0.4) is 0 Å². The second kappa shape index (κ2) is 7.88. The third kappa shape index (κ3) is 4.17. The molecule has 3 aromatic rings. The number of aromatic amines is 1. The molecule has 0 bridgehead atoms. The first kappa shape index (κ1) is 17.7. The number of nitrogens with zero attached hydrogens (tertiary/aromatic N) is 3. The number of anilines is 1. The smallest absolute Gasteiger partial charge is 0.256 e. The molecule has 0 atom stereocenters. The van der Waals surface area contributed by atoms with Gasteiger partial charge in [0.2, 0.25) is 0 Å². The quantitative estimate of drug-likeness (QED) is 0.754. The number of halogens is 1. The summed E-state index contributed by atoms with van der Waals surface area (Å²) in [7, 11) is 0. The van der Waals surface area contributed by atoms with Gasteiger partial charge in [-0.05, 0) is 55.1 Å². The van der Waals surface area contributed by atoms with E-state index in [9.17, 15) is 9.18 Å². The number of H-pyrrole nitrogens is 1. The largest absolute Gasteiger partial charge is 0.354 e. The molecule has 3 heterocycles. The molecule has 0 saturated carbocycles. The zero-order valence-corrected chi connectivity index (χ0v) is 15.2. The normalized spacial score (nSPS) is 15.4. The maximum Gasteiger partial charge on any atom is 0.256 e. The molecule has 6 heteroatoms. The summed E-state index contributed by atoms with van der Waals surface area (Å²) in [4.78, 5) is 24.2. The predicted octanol–water partition coefficient (Wildman–Crippen LogP) is 2.82. The summed E-state index contributed by atoms with van der Waals surface area (Å²) >= 11 is 0. The molecule has 140 valence electrons. The number of rotatable bonds is 5. The zero-order valence-electron chi connectivity index (χ0n) is 15.2. The van der Waals surface area contributed by atoms with Crippen molar-refractivity contribution in [2.24, 2.45) is 0 Å². The van der Waals surface area contributed by atoms with Crippen LogP contribution in [-0.4, -0.2) is 47.6 Å². The fourth-order valence-electron chi connectivity index (χ4n) is 3.66. The zero-order chi connectivity index (χ0) is 18.6. The highest BCUT2D eigenvalue weighted by atomic mass is 19.1. The molecule has 1 N–H and O–H groups in total. The van der Waals surface area contributed by atoms with Gasteiger partial charge in [-0.3, -0.25) is 9.69 Å². The Morgan fingerprint density at radius 3 is 2.70 bits per heavy atom. The fourth-order valence-corrected chi connectivity index (χ4v) is 3.66. The highest BCUT2D eigenvalue weighted by molar-refractivity contribution is 5.81. The van der Waals surface area contributed by atoms with E-state index >= 15 is 0 Å². The third-order valence-electron chi connectivity index (χ3n) is 5.13. The van der Waals surface area contributed by atoms with Crippen molar-refractivity contribution >= 4 is 16.6 Å². The number of nitrogens with one attached hydrogen (secondary N) is 1. The number of aryl methyl sites for hydroxylation is 1. The molecule has 1 aliphatic heterocycles. The van der Waals surface area contributed by atoms with E-state index in [1.54, 1.807) is 6.07 Å². The molecule has 4 rings (SSSR count). The second-order valence-corrected chi connectivity index (χ2v) is 6.98. The number of aromatic nitrogens is 2. The van der Waals surface area contributed by atoms with Gasteiger partial charge in [0.15, 0.2) is 0 Å². The fraction of sp³-hybridized carbons (Fsp3) is 0.333. The summed E-state index contributed by atoms with van der Waals surface area (Å²) in [6.07, 6.45) is 3.62.